The molecule has 0 atom stereocenters. The van der Waals surface area contributed by atoms with E-state index in [1.54, 1.807) is 30.5 Å². The Morgan fingerprint density at radius 2 is 2.10 bits per heavy atom. The minimum absolute atomic E-state index is 0.128. The highest BCUT2D eigenvalue weighted by Crippen LogP contribution is 2.13. The summed E-state index contributed by atoms with van der Waals surface area (Å²) in [5.41, 5.74) is 1.53. The van der Waals surface area contributed by atoms with Crippen LogP contribution in [0, 0.1) is 0 Å². The molecule has 0 fully saturated rings. The normalized spacial score (nSPS) is 10.6. The standard InChI is InChI=1S/C14H18ClN5O/c1-2-7-16-8-13-9-20(19-18-13)10-14(21)17-12-5-3-11(15)4-6-12/h3-6,9,16H,2,7-8,10H2,1H3,(H,17,21). The zero-order chi connectivity index (χ0) is 15.1. The number of amides is 1. The van der Waals surface area contributed by atoms with Crippen molar-refractivity contribution >= 4 is 23.2 Å². The van der Waals surface area contributed by atoms with Gasteiger partial charge in [0.25, 0.3) is 0 Å². The summed E-state index contributed by atoms with van der Waals surface area (Å²) < 4.78 is 1.52. The lowest BCUT2D eigenvalue weighted by atomic mass is 10.3. The first-order chi connectivity index (χ1) is 10.2. The lowest BCUT2D eigenvalue weighted by Crippen LogP contribution is -2.19. The van der Waals surface area contributed by atoms with Crippen LogP contribution >= 0.6 is 11.6 Å². The second kappa shape index (κ2) is 7.75. The Hall–Kier alpha value is -1.92. The minimum Gasteiger partial charge on any atom is -0.324 e. The molecule has 0 aliphatic heterocycles. The van der Waals surface area contributed by atoms with E-state index in [-0.39, 0.29) is 12.5 Å². The molecule has 0 radical (unpaired) electrons. The van der Waals surface area contributed by atoms with Crippen molar-refractivity contribution < 1.29 is 4.79 Å². The number of halogens is 1. The first kappa shape index (κ1) is 15.5. The largest absolute Gasteiger partial charge is 0.324 e. The number of benzene rings is 1. The van der Waals surface area contributed by atoms with Gasteiger partial charge < -0.3 is 10.6 Å². The molecule has 0 saturated heterocycles. The SMILES string of the molecule is CCCNCc1cn(CC(=O)Nc2ccc(Cl)cc2)nn1. The van der Waals surface area contributed by atoms with E-state index >= 15 is 0 Å². The van der Waals surface area contributed by atoms with Crippen molar-refractivity contribution in [3.05, 3.63) is 41.2 Å². The van der Waals surface area contributed by atoms with Crippen molar-refractivity contribution in [3.63, 3.8) is 0 Å². The number of hydrogen-bond acceptors (Lipinski definition) is 4. The Bertz CT molecular complexity index is 581. The van der Waals surface area contributed by atoms with Crippen LogP contribution in [0.15, 0.2) is 30.5 Å². The smallest absolute Gasteiger partial charge is 0.246 e. The Kier molecular flexibility index (Phi) is 5.71. The quantitative estimate of drug-likeness (QED) is 0.768. The van der Waals surface area contributed by atoms with Crippen molar-refractivity contribution in [1.82, 2.24) is 20.3 Å². The Morgan fingerprint density at radius 1 is 1.33 bits per heavy atom. The second-order valence-corrected chi connectivity index (χ2v) is 5.08. The molecule has 1 aromatic heterocycles. The summed E-state index contributed by atoms with van der Waals surface area (Å²) in [7, 11) is 0. The number of anilines is 1. The van der Waals surface area contributed by atoms with E-state index in [1.165, 1.54) is 4.68 Å². The summed E-state index contributed by atoms with van der Waals surface area (Å²) in [5, 5.41) is 14.6. The van der Waals surface area contributed by atoms with Crippen LogP contribution in [0.25, 0.3) is 0 Å². The lowest BCUT2D eigenvalue weighted by molar-refractivity contribution is -0.116. The van der Waals surface area contributed by atoms with Crippen LogP contribution in [0.4, 0.5) is 5.69 Å². The number of aromatic nitrogens is 3. The summed E-state index contributed by atoms with van der Waals surface area (Å²) in [5.74, 6) is -0.157. The molecule has 0 unspecified atom stereocenters. The number of rotatable bonds is 7. The second-order valence-electron chi connectivity index (χ2n) is 4.64. The molecule has 0 aliphatic rings. The first-order valence-electron chi connectivity index (χ1n) is 6.82. The van der Waals surface area contributed by atoms with Gasteiger partial charge in [0.1, 0.15) is 6.54 Å². The van der Waals surface area contributed by atoms with Crippen LogP contribution in [0.3, 0.4) is 0 Å². The fraction of sp³-hybridized carbons (Fsp3) is 0.357. The van der Waals surface area contributed by atoms with Crippen molar-refractivity contribution in [2.45, 2.75) is 26.4 Å². The Balaban J connectivity index is 1.83. The summed E-state index contributed by atoms with van der Waals surface area (Å²) in [6, 6.07) is 6.96. The van der Waals surface area contributed by atoms with Gasteiger partial charge in [0.15, 0.2) is 0 Å². The number of nitrogens with zero attached hydrogens (tertiary/aromatic N) is 3. The topological polar surface area (TPSA) is 71.8 Å². The fourth-order valence-corrected chi connectivity index (χ4v) is 1.90. The fourth-order valence-electron chi connectivity index (χ4n) is 1.77. The van der Waals surface area contributed by atoms with Gasteiger partial charge in [0.2, 0.25) is 5.91 Å². The molecule has 1 heterocycles. The molecule has 0 bridgehead atoms. The number of carbonyl (C=O) groups is 1. The van der Waals surface area contributed by atoms with Crippen LogP contribution in [0.5, 0.6) is 0 Å². The van der Waals surface area contributed by atoms with Crippen molar-refractivity contribution in [2.24, 2.45) is 0 Å². The lowest BCUT2D eigenvalue weighted by Gasteiger charge is -2.04. The molecule has 0 saturated carbocycles. The van der Waals surface area contributed by atoms with Gasteiger partial charge in [-0.1, -0.05) is 23.7 Å². The molecule has 1 amide bonds. The van der Waals surface area contributed by atoms with Crippen LogP contribution in [0.1, 0.15) is 19.0 Å². The van der Waals surface area contributed by atoms with E-state index in [0.29, 0.717) is 17.3 Å². The molecule has 1 aromatic carbocycles. The monoisotopic (exact) mass is 307 g/mol. The molecule has 112 valence electrons. The summed E-state index contributed by atoms with van der Waals surface area (Å²) in [6.45, 7) is 3.82. The molecule has 2 rings (SSSR count). The maximum Gasteiger partial charge on any atom is 0.246 e. The van der Waals surface area contributed by atoms with Crippen LogP contribution in [0.2, 0.25) is 5.02 Å². The molecule has 2 aromatic rings. The zero-order valence-corrected chi connectivity index (χ0v) is 12.6. The minimum atomic E-state index is -0.157. The van der Waals surface area contributed by atoms with Crippen molar-refractivity contribution in [1.29, 1.82) is 0 Å². The summed E-state index contributed by atoms with van der Waals surface area (Å²) >= 11 is 5.79. The molecule has 7 heteroatoms. The van der Waals surface area contributed by atoms with E-state index in [9.17, 15) is 4.79 Å². The van der Waals surface area contributed by atoms with Crippen LogP contribution in [-0.4, -0.2) is 27.4 Å². The van der Waals surface area contributed by atoms with E-state index < -0.39 is 0 Å². The molecule has 21 heavy (non-hydrogen) atoms. The van der Waals surface area contributed by atoms with Gasteiger partial charge in [-0.2, -0.15) is 0 Å². The van der Waals surface area contributed by atoms with Gasteiger partial charge in [0.05, 0.1) is 11.9 Å². The third-order valence-electron chi connectivity index (χ3n) is 2.75. The Labute approximate surface area is 128 Å². The third kappa shape index (κ3) is 5.17. The van der Waals surface area contributed by atoms with Gasteiger partial charge >= 0.3 is 0 Å². The van der Waals surface area contributed by atoms with Gasteiger partial charge in [-0.3, -0.25) is 4.79 Å². The highest BCUT2D eigenvalue weighted by atomic mass is 35.5. The van der Waals surface area contributed by atoms with E-state index in [4.69, 9.17) is 11.6 Å². The molecule has 0 spiro atoms. The van der Waals surface area contributed by atoms with Gasteiger partial charge in [-0.05, 0) is 37.2 Å². The molecular weight excluding hydrogens is 290 g/mol. The van der Waals surface area contributed by atoms with Crippen molar-refractivity contribution in [3.8, 4) is 0 Å². The van der Waals surface area contributed by atoms with E-state index in [0.717, 1.165) is 18.7 Å². The van der Waals surface area contributed by atoms with Crippen LogP contribution in [-0.2, 0) is 17.9 Å². The van der Waals surface area contributed by atoms with Gasteiger partial charge in [-0.25, -0.2) is 4.68 Å². The average Bonchev–Trinajstić information content (AvgIpc) is 2.89. The Morgan fingerprint density at radius 3 is 2.81 bits per heavy atom. The maximum absolute atomic E-state index is 11.9. The van der Waals surface area contributed by atoms with Crippen LogP contribution < -0.4 is 10.6 Å². The predicted molar refractivity (Wildman–Crippen MR) is 82.1 cm³/mol. The highest BCUT2D eigenvalue weighted by molar-refractivity contribution is 6.30. The number of carbonyl (C=O) groups excluding carboxylic acids is 1. The number of hydrogen-bond donors (Lipinski definition) is 2. The summed E-state index contributed by atoms with van der Waals surface area (Å²) in [4.78, 5) is 11.9. The average molecular weight is 308 g/mol. The van der Waals surface area contributed by atoms with Gasteiger partial charge in [-0.15, -0.1) is 5.10 Å². The molecule has 0 aliphatic carbocycles. The molecule has 2 N–H and O–H groups in total. The van der Waals surface area contributed by atoms with Gasteiger partial charge in [0, 0.05) is 17.3 Å². The first-order valence-corrected chi connectivity index (χ1v) is 7.20. The third-order valence-corrected chi connectivity index (χ3v) is 3.00. The maximum atomic E-state index is 11.9. The summed E-state index contributed by atoms with van der Waals surface area (Å²) in [6.07, 6.45) is 2.84. The molecule has 6 nitrogen and oxygen atoms in total. The highest BCUT2D eigenvalue weighted by Gasteiger charge is 2.06. The van der Waals surface area contributed by atoms with E-state index in [2.05, 4.69) is 27.9 Å². The van der Waals surface area contributed by atoms with Crippen molar-refractivity contribution in [2.75, 3.05) is 11.9 Å². The number of nitrogens with one attached hydrogen (secondary N) is 2. The van der Waals surface area contributed by atoms with E-state index in [1.807, 2.05) is 0 Å². The predicted octanol–water partition coefficient (Wildman–Crippen LogP) is 2.07. The zero-order valence-electron chi connectivity index (χ0n) is 11.8. The molecular formula is C14H18ClN5O.